The van der Waals surface area contributed by atoms with Crippen molar-refractivity contribution in [1.29, 1.82) is 0 Å². The molecular weight excluding hydrogens is 487 g/mol. The van der Waals surface area contributed by atoms with Crippen LogP contribution < -0.4 is 9.62 Å². The normalized spacial score (nSPS) is 10.9. The molecule has 0 saturated heterocycles. The highest BCUT2D eigenvalue weighted by Crippen LogP contribution is 2.28. The molecule has 9 nitrogen and oxygen atoms in total. The number of ether oxygens (including phenoxy) is 2. The van der Waals surface area contributed by atoms with Crippen LogP contribution in [0.2, 0.25) is 0 Å². The summed E-state index contributed by atoms with van der Waals surface area (Å²) in [5.74, 6) is -3.22. The third kappa shape index (κ3) is 5.41. The number of benzene rings is 2. The molecule has 0 aliphatic carbocycles. The number of rotatable bonds is 8. The molecule has 2 aromatic carbocycles. The number of carbonyl (C=O) groups is 3. The Labute approximate surface area is 198 Å². The first-order valence-corrected chi connectivity index (χ1v) is 11.9. The van der Waals surface area contributed by atoms with Crippen LogP contribution in [0.1, 0.15) is 20.7 Å². The van der Waals surface area contributed by atoms with Crippen LogP contribution in [-0.4, -0.2) is 47.0 Å². The van der Waals surface area contributed by atoms with Crippen LogP contribution in [0, 0.1) is 5.82 Å². The van der Waals surface area contributed by atoms with Crippen molar-refractivity contribution < 1.29 is 36.7 Å². The number of nitrogens with one attached hydrogen (secondary N) is 1. The van der Waals surface area contributed by atoms with Gasteiger partial charge in [-0.3, -0.25) is 9.10 Å². The van der Waals surface area contributed by atoms with Crippen LogP contribution in [-0.2, 0) is 24.3 Å². The van der Waals surface area contributed by atoms with E-state index in [1.54, 1.807) is 5.38 Å². The Kier molecular flexibility index (Phi) is 7.64. The molecule has 34 heavy (non-hydrogen) atoms. The lowest BCUT2D eigenvalue weighted by molar-refractivity contribution is -0.114. The van der Waals surface area contributed by atoms with Crippen LogP contribution in [0.25, 0.3) is 0 Å². The predicted octanol–water partition coefficient (Wildman–Crippen LogP) is 3.29. The van der Waals surface area contributed by atoms with Crippen molar-refractivity contribution in [3.8, 4) is 0 Å². The standard InChI is InChI=1S/C22H19FN2O7S2/c1-31-21(27)14-10-15(22(28)32-2)12-16(11-14)24-19(26)13-25(18-7-4-3-6-17(18)23)34(29,30)20-8-5-9-33-20/h3-12H,13H2,1-2H3,(H,24,26). The number of esters is 2. The monoisotopic (exact) mass is 506 g/mol. The third-order valence-corrected chi connectivity index (χ3v) is 7.64. The van der Waals surface area contributed by atoms with E-state index in [9.17, 15) is 27.2 Å². The second-order valence-electron chi connectivity index (χ2n) is 6.73. The Bertz CT molecular complexity index is 1290. The van der Waals surface area contributed by atoms with Gasteiger partial charge >= 0.3 is 11.9 Å². The van der Waals surface area contributed by atoms with Crippen molar-refractivity contribution in [2.45, 2.75) is 4.21 Å². The molecule has 1 amide bonds. The number of halogens is 1. The van der Waals surface area contributed by atoms with E-state index in [0.717, 1.165) is 31.6 Å². The number of sulfonamides is 1. The summed E-state index contributed by atoms with van der Waals surface area (Å²) in [6.45, 7) is -0.781. The summed E-state index contributed by atoms with van der Waals surface area (Å²) in [4.78, 5) is 36.8. The number of methoxy groups -OCH3 is 2. The molecule has 0 spiro atoms. The minimum Gasteiger partial charge on any atom is -0.465 e. The fraction of sp³-hybridized carbons (Fsp3) is 0.136. The first-order chi connectivity index (χ1) is 16.2. The molecule has 0 fully saturated rings. The second kappa shape index (κ2) is 10.4. The Balaban J connectivity index is 1.96. The van der Waals surface area contributed by atoms with Crippen molar-refractivity contribution in [3.63, 3.8) is 0 Å². The Morgan fingerprint density at radius 3 is 2.12 bits per heavy atom. The van der Waals surface area contributed by atoms with Gasteiger partial charge in [-0.1, -0.05) is 18.2 Å². The number of para-hydroxylation sites is 1. The van der Waals surface area contributed by atoms with Gasteiger partial charge in [-0.15, -0.1) is 11.3 Å². The van der Waals surface area contributed by atoms with Gasteiger partial charge in [0.25, 0.3) is 10.0 Å². The van der Waals surface area contributed by atoms with E-state index in [-0.39, 0.29) is 26.7 Å². The molecule has 0 aliphatic heterocycles. The van der Waals surface area contributed by atoms with Gasteiger partial charge in [0.1, 0.15) is 16.6 Å². The lowest BCUT2D eigenvalue weighted by Gasteiger charge is -2.23. The molecule has 1 aromatic heterocycles. The van der Waals surface area contributed by atoms with Crippen molar-refractivity contribution >= 4 is 50.6 Å². The second-order valence-corrected chi connectivity index (χ2v) is 9.76. The zero-order valence-electron chi connectivity index (χ0n) is 18.0. The number of hydrogen-bond donors (Lipinski definition) is 1. The molecule has 3 aromatic rings. The first kappa shape index (κ1) is 24.9. The molecule has 1 heterocycles. The zero-order chi connectivity index (χ0) is 24.9. The van der Waals surface area contributed by atoms with Crippen molar-refractivity contribution in [1.82, 2.24) is 0 Å². The number of nitrogens with zero attached hydrogens (tertiary/aromatic N) is 1. The maximum Gasteiger partial charge on any atom is 0.337 e. The Morgan fingerprint density at radius 2 is 1.59 bits per heavy atom. The third-order valence-electron chi connectivity index (χ3n) is 4.51. The van der Waals surface area contributed by atoms with E-state index >= 15 is 0 Å². The van der Waals surface area contributed by atoms with E-state index < -0.39 is 40.2 Å². The molecule has 3 rings (SSSR count). The van der Waals surface area contributed by atoms with Crippen LogP contribution in [0.15, 0.2) is 64.2 Å². The largest absolute Gasteiger partial charge is 0.465 e. The molecule has 0 radical (unpaired) electrons. The molecule has 0 bridgehead atoms. The lowest BCUT2D eigenvalue weighted by Crippen LogP contribution is -2.38. The van der Waals surface area contributed by atoms with Crippen LogP contribution in [0.5, 0.6) is 0 Å². The molecule has 0 aliphatic rings. The first-order valence-electron chi connectivity index (χ1n) is 9.59. The average Bonchev–Trinajstić information content (AvgIpc) is 3.38. The van der Waals surface area contributed by atoms with Gasteiger partial charge in [0.05, 0.1) is 31.0 Å². The van der Waals surface area contributed by atoms with E-state index in [0.29, 0.717) is 4.31 Å². The van der Waals surface area contributed by atoms with E-state index in [4.69, 9.17) is 0 Å². The summed E-state index contributed by atoms with van der Waals surface area (Å²) in [5.41, 5.74) is -0.393. The summed E-state index contributed by atoms with van der Waals surface area (Å²) < 4.78 is 50.7. The Hall–Kier alpha value is -3.77. The summed E-state index contributed by atoms with van der Waals surface area (Å²) in [6, 6.07) is 11.7. The fourth-order valence-electron chi connectivity index (χ4n) is 2.97. The van der Waals surface area contributed by atoms with E-state index in [2.05, 4.69) is 14.8 Å². The summed E-state index contributed by atoms with van der Waals surface area (Å²) >= 11 is 0.919. The van der Waals surface area contributed by atoms with Gasteiger partial charge in [-0.05, 0) is 41.8 Å². The van der Waals surface area contributed by atoms with Gasteiger partial charge in [0.2, 0.25) is 5.91 Å². The highest BCUT2D eigenvalue weighted by molar-refractivity contribution is 7.94. The van der Waals surface area contributed by atoms with Crippen LogP contribution in [0.3, 0.4) is 0 Å². The molecule has 0 unspecified atom stereocenters. The van der Waals surface area contributed by atoms with Gasteiger partial charge < -0.3 is 14.8 Å². The number of carbonyl (C=O) groups excluding carboxylic acids is 3. The summed E-state index contributed by atoms with van der Waals surface area (Å²) in [5, 5.41) is 3.98. The van der Waals surface area contributed by atoms with Crippen LogP contribution in [0.4, 0.5) is 15.8 Å². The number of anilines is 2. The zero-order valence-corrected chi connectivity index (χ0v) is 19.6. The molecular formula is C22H19FN2O7S2. The summed E-state index contributed by atoms with van der Waals surface area (Å²) in [6.07, 6.45) is 0. The van der Waals surface area contributed by atoms with Gasteiger partial charge in [0.15, 0.2) is 0 Å². The molecule has 12 heteroatoms. The molecule has 0 atom stereocenters. The lowest BCUT2D eigenvalue weighted by atomic mass is 10.1. The van der Waals surface area contributed by atoms with E-state index in [1.165, 1.54) is 48.5 Å². The topological polar surface area (TPSA) is 119 Å². The number of amides is 1. The van der Waals surface area contributed by atoms with Crippen molar-refractivity contribution in [2.24, 2.45) is 0 Å². The highest BCUT2D eigenvalue weighted by Gasteiger charge is 2.30. The quantitative estimate of drug-likeness (QED) is 0.466. The van der Waals surface area contributed by atoms with Gasteiger partial charge in [0, 0.05) is 5.69 Å². The molecule has 1 N–H and O–H groups in total. The number of thiophene rings is 1. The minimum absolute atomic E-state index is 0.00954. The maximum absolute atomic E-state index is 14.5. The van der Waals surface area contributed by atoms with Crippen molar-refractivity contribution in [2.75, 3.05) is 30.4 Å². The average molecular weight is 507 g/mol. The van der Waals surface area contributed by atoms with Crippen molar-refractivity contribution in [3.05, 3.63) is 76.9 Å². The SMILES string of the molecule is COC(=O)c1cc(NC(=O)CN(c2ccccc2F)S(=O)(=O)c2cccs2)cc(C(=O)OC)c1. The van der Waals surface area contributed by atoms with Crippen LogP contribution >= 0.6 is 11.3 Å². The summed E-state index contributed by atoms with van der Waals surface area (Å²) in [7, 11) is -1.98. The van der Waals surface area contributed by atoms with Gasteiger partial charge in [-0.2, -0.15) is 0 Å². The number of hydrogen-bond acceptors (Lipinski definition) is 8. The smallest absolute Gasteiger partial charge is 0.337 e. The minimum atomic E-state index is -4.27. The Morgan fingerprint density at radius 1 is 0.971 bits per heavy atom. The van der Waals surface area contributed by atoms with E-state index in [1.807, 2.05) is 0 Å². The predicted molar refractivity (Wildman–Crippen MR) is 123 cm³/mol. The highest BCUT2D eigenvalue weighted by atomic mass is 32.2. The fourth-order valence-corrected chi connectivity index (χ4v) is 5.51. The van der Waals surface area contributed by atoms with Gasteiger partial charge in [-0.25, -0.2) is 22.4 Å². The molecule has 178 valence electrons. The molecule has 0 saturated carbocycles. The maximum atomic E-state index is 14.5.